The van der Waals surface area contributed by atoms with Crippen LogP contribution in [-0.4, -0.2) is 34.8 Å². The van der Waals surface area contributed by atoms with Crippen LogP contribution in [0.1, 0.15) is 28.8 Å². The number of rotatable bonds is 4. The Morgan fingerprint density at radius 3 is 2.22 bits per heavy atom. The van der Waals surface area contributed by atoms with E-state index in [-0.39, 0.29) is 23.3 Å². The van der Waals surface area contributed by atoms with E-state index in [0.717, 1.165) is 22.7 Å². The van der Waals surface area contributed by atoms with Crippen molar-refractivity contribution < 1.29 is 22.8 Å². The zero-order chi connectivity index (χ0) is 22.7. The minimum absolute atomic E-state index is 0.103. The standard InChI is InChI=1S/C23H20F3N3O2S/c24-23(25,26)18-5-1-17(2-6-18)22(31)29-12-9-15(10-13-29)20(30)28-19-7-3-16(4-8-19)21-27-11-14-32-21/h1-8,11,14-15H,9-10,12-13H2,(H,28,30). The number of piperidine rings is 1. The van der Waals surface area contributed by atoms with Gasteiger partial charge in [-0.25, -0.2) is 4.98 Å². The number of alkyl halides is 3. The first-order chi connectivity index (χ1) is 15.3. The summed E-state index contributed by atoms with van der Waals surface area (Å²) >= 11 is 1.54. The minimum Gasteiger partial charge on any atom is -0.339 e. The lowest BCUT2D eigenvalue weighted by Crippen LogP contribution is -2.41. The monoisotopic (exact) mass is 459 g/mol. The molecule has 2 heterocycles. The van der Waals surface area contributed by atoms with Crippen LogP contribution >= 0.6 is 11.3 Å². The number of anilines is 1. The third-order valence-electron chi connectivity index (χ3n) is 5.44. The predicted molar refractivity (Wildman–Crippen MR) is 116 cm³/mol. The highest BCUT2D eigenvalue weighted by atomic mass is 32.1. The van der Waals surface area contributed by atoms with Crippen LogP contribution in [0.25, 0.3) is 10.6 Å². The second kappa shape index (κ2) is 9.12. The van der Waals surface area contributed by atoms with Crippen molar-refractivity contribution in [2.24, 2.45) is 5.92 Å². The van der Waals surface area contributed by atoms with Gasteiger partial charge in [0.05, 0.1) is 5.56 Å². The number of halogens is 3. The van der Waals surface area contributed by atoms with E-state index in [1.54, 1.807) is 22.4 Å². The lowest BCUT2D eigenvalue weighted by Gasteiger charge is -2.31. The number of carbonyl (C=O) groups is 2. The van der Waals surface area contributed by atoms with Crippen LogP contribution in [0, 0.1) is 5.92 Å². The average molecular weight is 459 g/mol. The minimum atomic E-state index is -4.44. The number of likely N-dealkylation sites (tertiary alicyclic amines) is 1. The third kappa shape index (κ3) is 4.99. The Morgan fingerprint density at radius 2 is 1.66 bits per heavy atom. The first-order valence-electron chi connectivity index (χ1n) is 10.1. The van der Waals surface area contributed by atoms with Crippen molar-refractivity contribution in [1.29, 1.82) is 0 Å². The number of nitrogens with one attached hydrogen (secondary N) is 1. The SMILES string of the molecule is O=C(Nc1ccc(-c2nccs2)cc1)C1CCN(C(=O)c2ccc(C(F)(F)F)cc2)CC1. The number of amides is 2. The lowest BCUT2D eigenvalue weighted by molar-refractivity contribution is -0.137. The molecule has 166 valence electrons. The van der Waals surface area contributed by atoms with Gasteiger partial charge in [-0.3, -0.25) is 9.59 Å². The summed E-state index contributed by atoms with van der Waals surface area (Å²) in [5, 5.41) is 5.73. The van der Waals surface area contributed by atoms with E-state index in [9.17, 15) is 22.8 Å². The molecule has 1 aromatic heterocycles. The lowest BCUT2D eigenvalue weighted by atomic mass is 9.95. The molecular weight excluding hydrogens is 439 g/mol. The van der Waals surface area contributed by atoms with Crippen LogP contribution in [0.2, 0.25) is 0 Å². The Kier molecular flexibility index (Phi) is 6.27. The zero-order valence-electron chi connectivity index (χ0n) is 16.9. The molecule has 4 rings (SSSR count). The van der Waals surface area contributed by atoms with Gasteiger partial charge in [0.15, 0.2) is 0 Å². The van der Waals surface area contributed by atoms with Crippen molar-refractivity contribution in [2.45, 2.75) is 19.0 Å². The maximum atomic E-state index is 12.7. The fraction of sp³-hybridized carbons (Fsp3) is 0.261. The molecule has 1 fully saturated rings. The van der Waals surface area contributed by atoms with Crippen LogP contribution in [0.5, 0.6) is 0 Å². The second-order valence-electron chi connectivity index (χ2n) is 7.55. The number of carbonyl (C=O) groups excluding carboxylic acids is 2. The van der Waals surface area contributed by atoms with E-state index in [1.807, 2.05) is 29.6 Å². The van der Waals surface area contributed by atoms with Gasteiger partial charge in [-0.1, -0.05) is 0 Å². The number of nitrogens with zero attached hydrogens (tertiary/aromatic N) is 2. The Balaban J connectivity index is 1.30. The highest BCUT2D eigenvalue weighted by molar-refractivity contribution is 7.13. The molecule has 9 heteroatoms. The molecule has 1 aliphatic rings. The summed E-state index contributed by atoms with van der Waals surface area (Å²) in [5.41, 5.74) is 1.09. The maximum absolute atomic E-state index is 12.7. The van der Waals surface area contributed by atoms with Crippen LogP contribution < -0.4 is 5.32 Å². The fourth-order valence-corrected chi connectivity index (χ4v) is 4.28. The van der Waals surface area contributed by atoms with Gasteiger partial charge in [0.1, 0.15) is 5.01 Å². The van der Waals surface area contributed by atoms with Crippen LogP contribution in [0.3, 0.4) is 0 Å². The molecule has 0 bridgehead atoms. The van der Waals surface area contributed by atoms with Crippen molar-refractivity contribution in [3.05, 3.63) is 71.2 Å². The van der Waals surface area contributed by atoms with Gasteiger partial charge in [-0.15, -0.1) is 11.3 Å². The van der Waals surface area contributed by atoms with Crippen molar-refractivity contribution >= 4 is 28.8 Å². The summed E-state index contributed by atoms with van der Waals surface area (Å²) < 4.78 is 38.1. The Labute approximate surface area is 186 Å². The Bertz CT molecular complexity index is 1070. The molecule has 2 amide bonds. The molecule has 2 aromatic carbocycles. The summed E-state index contributed by atoms with van der Waals surface area (Å²) in [5.74, 6) is -0.658. The van der Waals surface area contributed by atoms with Crippen molar-refractivity contribution in [3.63, 3.8) is 0 Å². The highest BCUT2D eigenvalue weighted by Crippen LogP contribution is 2.30. The van der Waals surface area contributed by atoms with Gasteiger partial charge < -0.3 is 10.2 Å². The molecule has 0 atom stereocenters. The molecule has 0 aliphatic carbocycles. The first kappa shape index (κ1) is 22.0. The topological polar surface area (TPSA) is 62.3 Å². The predicted octanol–water partition coefficient (Wildman–Crippen LogP) is 5.32. The highest BCUT2D eigenvalue weighted by Gasteiger charge is 2.31. The number of aromatic nitrogens is 1. The zero-order valence-corrected chi connectivity index (χ0v) is 17.7. The van der Waals surface area contributed by atoms with Gasteiger partial charge >= 0.3 is 6.18 Å². The van der Waals surface area contributed by atoms with E-state index < -0.39 is 11.7 Å². The van der Waals surface area contributed by atoms with Gasteiger partial charge in [-0.05, 0) is 61.4 Å². The number of hydrogen-bond acceptors (Lipinski definition) is 4. The molecule has 0 saturated carbocycles. The largest absolute Gasteiger partial charge is 0.416 e. The number of thiazole rings is 1. The summed E-state index contributed by atoms with van der Waals surface area (Å²) in [4.78, 5) is 31.1. The van der Waals surface area contributed by atoms with Gasteiger partial charge in [-0.2, -0.15) is 13.2 Å². The van der Waals surface area contributed by atoms with Crippen molar-refractivity contribution in [2.75, 3.05) is 18.4 Å². The summed E-state index contributed by atoms with van der Waals surface area (Å²) in [6.45, 7) is 0.752. The normalized spacial score (nSPS) is 14.9. The van der Waals surface area contributed by atoms with E-state index in [1.165, 1.54) is 12.1 Å². The number of benzene rings is 2. The average Bonchev–Trinajstić information content (AvgIpc) is 3.34. The first-order valence-corrected chi connectivity index (χ1v) is 11.0. The van der Waals surface area contributed by atoms with Gasteiger partial charge in [0.2, 0.25) is 5.91 Å². The molecule has 32 heavy (non-hydrogen) atoms. The Hall–Kier alpha value is -3.20. The smallest absolute Gasteiger partial charge is 0.339 e. The van der Waals surface area contributed by atoms with Crippen LogP contribution in [-0.2, 0) is 11.0 Å². The van der Waals surface area contributed by atoms with Gasteiger partial charge in [0.25, 0.3) is 5.91 Å². The van der Waals surface area contributed by atoms with Crippen molar-refractivity contribution in [1.82, 2.24) is 9.88 Å². The van der Waals surface area contributed by atoms with E-state index >= 15 is 0 Å². The van der Waals surface area contributed by atoms with Gasteiger partial charge in [0, 0.05) is 47.4 Å². The van der Waals surface area contributed by atoms with E-state index in [4.69, 9.17) is 0 Å². The van der Waals surface area contributed by atoms with Crippen molar-refractivity contribution in [3.8, 4) is 10.6 Å². The Morgan fingerprint density at radius 1 is 1.00 bits per heavy atom. The molecule has 1 saturated heterocycles. The molecule has 0 radical (unpaired) electrons. The molecular formula is C23H20F3N3O2S. The summed E-state index contributed by atoms with van der Waals surface area (Å²) in [6, 6.07) is 11.7. The molecule has 3 aromatic rings. The molecule has 0 spiro atoms. The number of hydrogen-bond donors (Lipinski definition) is 1. The fourth-order valence-electron chi connectivity index (χ4n) is 3.64. The third-order valence-corrected chi connectivity index (χ3v) is 6.27. The summed E-state index contributed by atoms with van der Waals surface area (Å²) in [7, 11) is 0. The van der Waals surface area contributed by atoms with Crippen LogP contribution in [0.15, 0.2) is 60.1 Å². The maximum Gasteiger partial charge on any atom is 0.416 e. The molecule has 1 N–H and O–H groups in total. The molecule has 0 unspecified atom stereocenters. The second-order valence-corrected chi connectivity index (χ2v) is 8.44. The van der Waals surface area contributed by atoms with E-state index in [0.29, 0.717) is 31.6 Å². The summed E-state index contributed by atoms with van der Waals surface area (Å²) in [6.07, 6.45) is -1.70. The molecule has 1 aliphatic heterocycles. The van der Waals surface area contributed by atoms with E-state index in [2.05, 4.69) is 10.3 Å². The van der Waals surface area contributed by atoms with Crippen LogP contribution in [0.4, 0.5) is 18.9 Å². The quantitative estimate of drug-likeness (QED) is 0.575. The molecule has 5 nitrogen and oxygen atoms in total.